The van der Waals surface area contributed by atoms with E-state index >= 15 is 0 Å². The van der Waals surface area contributed by atoms with Crippen LogP contribution in [0.2, 0.25) is 0 Å². The average Bonchev–Trinajstić information content (AvgIpc) is 2.62. The van der Waals surface area contributed by atoms with Crippen LogP contribution in [0.5, 0.6) is 0 Å². The van der Waals surface area contributed by atoms with Gasteiger partial charge in [0.1, 0.15) is 5.01 Å². The molecule has 1 rings (SSSR count). The van der Waals surface area contributed by atoms with Crippen LogP contribution in [0.3, 0.4) is 0 Å². The number of nitrogens with two attached hydrogens (primary N) is 1. The predicted octanol–water partition coefficient (Wildman–Crippen LogP) is 1.27. The van der Waals surface area contributed by atoms with E-state index in [1.54, 1.807) is 13.8 Å². The molecule has 0 spiro atoms. The quantitative estimate of drug-likeness (QED) is 0.816. The number of rotatable bonds is 6. The van der Waals surface area contributed by atoms with Crippen LogP contribution < -0.4 is 10.5 Å². The van der Waals surface area contributed by atoms with Crippen molar-refractivity contribution in [1.29, 1.82) is 0 Å². The second-order valence-electron chi connectivity index (χ2n) is 4.41. The molecule has 0 bridgehead atoms. The molecule has 0 saturated heterocycles. The highest BCUT2D eigenvalue weighted by atomic mass is 32.2. The lowest BCUT2D eigenvalue weighted by molar-refractivity contribution is 0.544. The summed E-state index contributed by atoms with van der Waals surface area (Å²) in [6, 6.07) is 0. The highest BCUT2D eigenvalue weighted by Gasteiger charge is 2.21. The Labute approximate surface area is 106 Å². The van der Waals surface area contributed by atoms with Crippen molar-refractivity contribution >= 4 is 26.5 Å². The van der Waals surface area contributed by atoms with Crippen LogP contribution in [0.1, 0.15) is 38.6 Å². The highest BCUT2D eigenvalue weighted by molar-refractivity contribution is 7.92. The van der Waals surface area contributed by atoms with Crippen molar-refractivity contribution in [1.82, 2.24) is 10.2 Å². The Bertz CT molecular complexity index is 462. The molecule has 0 aliphatic rings. The van der Waals surface area contributed by atoms with Gasteiger partial charge >= 0.3 is 0 Å². The molecule has 0 amide bonds. The lowest BCUT2D eigenvalue weighted by Gasteiger charge is -2.12. The standard InChI is InChI=1S/C9H18N4O2S2/c1-4-5-6-17(14,15)13-8-12-11-7(16-8)9(2,3)10/h4-6,10H2,1-3H3,(H,12,13). The fraction of sp³-hybridized carbons (Fsp3) is 0.778. The number of nitrogens with one attached hydrogen (secondary N) is 1. The van der Waals surface area contributed by atoms with Gasteiger partial charge in [0.15, 0.2) is 0 Å². The Morgan fingerprint density at radius 2 is 2.06 bits per heavy atom. The average molecular weight is 278 g/mol. The van der Waals surface area contributed by atoms with Crippen molar-refractivity contribution < 1.29 is 8.42 Å². The molecule has 8 heteroatoms. The first-order valence-corrected chi connectivity index (χ1v) is 7.85. The smallest absolute Gasteiger partial charge is 0.234 e. The van der Waals surface area contributed by atoms with Crippen LogP contribution in [0, 0.1) is 0 Å². The van der Waals surface area contributed by atoms with Crippen molar-refractivity contribution in [3.05, 3.63) is 5.01 Å². The van der Waals surface area contributed by atoms with Gasteiger partial charge in [0.2, 0.25) is 15.2 Å². The third-order valence-electron chi connectivity index (χ3n) is 1.99. The molecule has 0 radical (unpaired) electrons. The van der Waals surface area contributed by atoms with E-state index in [1.165, 1.54) is 0 Å². The van der Waals surface area contributed by atoms with E-state index in [9.17, 15) is 8.42 Å². The molecule has 0 aliphatic carbocycles. The second-order valence-corrected chi connectivity index (χ2v) is 7.23. The van der Waals surface area contributed by atoms with Gasteiger partial charge in [-0.15, -0.1) is 10.2 Å². The topological polar surface area (TPSA) is 98.0 Å². The third-order valence-corrected chi connectivity index (χ3v) is 4.62. The minimum atomic E-state index is -3.31. The van der Waals surface area contributed by atoms with E-state index in [0.717, 1.165) is 17.8 Å². The van der Waals surface area contributed by atoms with Gasteiger partial charge in [0.25, 0.3) is 0 Å². The lowest BCUT2D eigenvalue weighted by atomic mass is 10.1. The summed E-state index contributed by atoms with van der Waals surface area (Å²) in [5.74, 6) is 0.102. The molecule has 0 aromatic carbocycles. The Morgan fingerprint density at radius 3 is 2.53 bits per heavy atom. The summed E-state index contributed by atoms with van der Waals surface area (Å²) in [7, 11) is -3.31. The van der Waals surface area contributed by atoms with Crippen molar-refractivity contribution in [3.63, 3.8) is 0 Å². The highest BCUT2D eigenvalue weighted by Crippen LogP contribution is 2.24. The SMILES string of the molecule is CCCCS(=O)(=O)Nc1nnc(C(C)(C)N)s1. The van der Waals surface area contributed by atoms with E-state index < -0.39 is 15.6 Å². The molecule has 0 aliphatic heterocycles. The number of sulfonamides is 1. The molecule has 6 nitrogen and oxygen atoms in total. The van der Waals surface area contributed by atoms with Gasteiger partial charge in [-0.3, -0.25) is 4.72 Å². The van der Waals surface area contributed by atoms with E-state index in [2.05, 4.69) is 14.9 Å². The third kappa shape index (κ3) is 4.57. The number of nitrogens with zero attached hydrogens (tertiary/aromatic N) is 2. The molecule has 3 N–H and O–H groups in total. The van der Waals surface area contributed by atoms with Gasteiger partial charge < -0.3 is 5.73 Å². The van der Waals surface area contributed by atoms with Crippen molar-refractivity contribution in [3.8, 4) is 0 Å². The normalized spacial score (nSPS) is 12.7. The fourth-order valence-corrected chi connectivity index (χ4v) is 3.28. The van der Waals surface area contributed by atoms with Crippen molar-refractivity contribution in [2.75, 3.05) is 10.5 Å². The monoisotopic (exact) mass is 278 g/mol. The Kier molecular flexibility index (Phi) is 4.45. The van der Waals surface area contributed by atoms with Gasteiger partial charge in [0.05, 0.1) is 11.3 Å². The predicted molar refractivity (Wildman–Crippen MR) is 69.4 cm³/mol. The van der Waals surface area contributed by atoms with E-state index in [0.29, 0.717) is 11.4 Å². The maximum absolute atomic E-state index is 11.6. The Hall–Kier alpha value is -0.730. The lowest BCUT2D eigenvalue weighted by Crippen LogP contribution is -2.28. The van der Waals surface area contributed by atoms with Crippen molar-refractivity contribution in [2.24, 2.45) is 5.73 Å². The molecular weight excluding hydrogens is 260 g/mol. The molecule has 1 heterocycles. The molecule has 0 fully saturated rings. The molecular formula is C9H18N4O2S2. The maximum Gasteiger partial charge on any atom is 0.234 e. The van der Waals surface area contributed by atoms with Crippen molar-refractivity contribution in [2.45, 2.75) is 39.2 Å². The summed E-state index contributed by atoms with van der Waals surface area (Å²) >= 11 is 1.16. The summed E-state index contributed by atoms with van der Waals surface area (Å²) in [6.45, 7) is 5.53. The van der Waals surface area contributed by atoms with Gasteiger partial charge in [-0.1, -0.05) is 24.7 Å². The van der Waals surface area contributed by atoms with Crippen LogP contribution in [0.15, 0.2) is 0 Å². The second kappa shape index (κ2) is 5.28. The molecule has 17 heavy (non-hydrogen) atoms. The van der Waals surface area contributed by atoms with Crippen LogP contribution in [0.4, 0.5) is 5.13 Å². The molecule has 0 saturated carbocycles. The molecule has 1 aromatic heterocycles. The first-order valence-electron chi connectivity index (χ1n) is 5.38. The summed E-state index contributed by atoms with van der Waals surface area (Å²) < 4.78 is 25.6. The zero-order valence-corrected chi connectivity index (χ0v) is 11.9. The number of hydrogen-bond donors (Lipinski definition) is 2. The molecule has 98 valence electrons. The van der Waals surface area contributed by atoms with Gasteiger partial charge in [-0.25, -0.2) is 8.42 Å². The molecule has 0 atom stereocenters. The van der Waals surface area contributed by atoms with Crippen LogP contribution in [0.25, 0.3) is 0 Å². The van der Waals surface area contributed by atoms with E-state index in [-0.39, 0.29) is 10.9 Å². The fourth-order valence-electron chi connectivity index (χ4n) is 1.04. The Morgan fingerprint density at radius 1 is 1.41 bits per heavy atom. The van der Waals surface area contributed by atoms with E-state index in [4.69, 9.17) is 5.73 Å². The maximum atomic E-state index is 11.6. The Balaban J connectivity index is 2.73. The number of aromatic nitrogens is 2. The molecule has 1 aromatic rings. The van der Waals surface area contributed by atoms with Gasteiger partial charge in [0, 0.05) is 0 Å². The minimum Gasteiger partial charge on any atom is -0.320 e. The zero-order valence-electron chi connectivity index (χ0n) is 10.2. The first-order chi connectivity index (χ1) is 7.74. The largest absolute Gasteiger partial charge is 0.320 e. The number of anilines is 1. The molecule has 0 unspecified atom stereocenters. The van der Waals surface area contributed by atoms with Crippen LogP contribution in [-0.4, -0.2) is 24.4 Å². The van der Waals surface area contributed by atoms with Gasteiger partial charge in [-0.2, -0.15) is 0 Å². The summed E-state index contributed by atoms with van der Waals surface area (Å²) in [4.78, 5) is 0. The van der Waals surface area contributed by atoms with E-state index in [1.807, 2.05) is 6.92 Å². The number of hydrogen-bond acceptors (Lipinski definition) is 6. The van der Waals surface area contributed by atoms with Gasteiger partial charge in [-0.05, 0) is 20.3 Å². The number of unbranched alkanes of at least 4 members (excludes halogenated alkanes) is 1. The van der Waals surface area contributed by atoms with Crippen LogP contribution >= 0.6 is 11.3 Å². The summed E-state index contributed by atoms with van der Waals surface area (Å²) in [5, 5.41) is 8.52. The minimum absolute atomic E-state index is 0.102. The zero-order chi connectivity index (χ0) is 13.1. The summed E-state index contributed by atoms with van der Waals surface area (Å²) in [5.41, 5.74) is 5.24. The first kappa shape index (κ1) is 14.3. The summed E-state index contributed by atoms with van der Waals surface area (Å²) in [6.07, 6.45) is 1.46. The van der Waals surface area contributed by atoms with Crippen LogP contribution in [-0.2, 0) is 15.6 Å².